The van der Waals surface area contributed by atoms with Gasteiger partial charge in [0.05, 0.1) is 19.8 Å². The minimum absolute atomic E-state index is 0.0329. The summed E-state index contributed by atoms with van der Waals surface area (Å²) < 4.78 is 10.9. The summed E-state index contributed by atoms with van der Waals surface area (Å²) in [5.41, 5.74) is 2.33. The molecule has 1 aliphatic rings. The summed E-state index contributed by atoms with van der Waals surface area (Å²) in [7, 11) is 0. The van der Waals surface area contributed by atoms with Crippen molar-refractivity contribution in [3.05, 3.63) is 29.8 Å². The van der Waals surface area contributed by atoms with E-state index < -0.39 is 0 Å². The lowest BCUT2D eigenvalue weighted by Crippen LogP contribution is -2.37. The van der Waals surface area contributed by atoms with Crippen molar-refractivity contribution in [2.75, 3.05) is 44.4 Å². The van der Waals surface area contributed by atoms with Crippen LogP contribution in [0, 0.1) is 5.92 Å². The van der Waals surface area contributed by atoms with E-state index in [2.05, 4.69) is 36.2 Å². The van der Waals surface area contributed by atoms with Crippen molar-refractivity contribution in [1.29, 1.82) is 0 Å². The second kappa shape index (κ2) is 9.53. The number of nitrogens with zero attached hydrogens (tertiary/aromatic N) is 1. The smallest absolute Gasteiger partial charge is 0.222 e. The van der Waals surface area contributed by atoms with Crippen LogP contribution in [-0.4, -0.2) is 45.4 Å². The standard InChI is InChI=1S/C18H28N2O3/c1-15(2)14-23-10-7-18(21)19-13-16-5-3-4-6-17(16)20-8-11-22-12-9-20/h3-6,15H,7-14H2,1-2H3,(H,19,21). The van der Waals surface area contributed by atoms with Crippen molar-refractivity contribution < 1.29 is 14.3 Å². The quantitative estimate of drug-likeness (QED) is 0.746. The highest BCUT2D eigenvalue weighted by atomic mass is 16.5. The molecule has 5 heteroatoms. The lowest BCUT2D eigenvalue weighted by Gasteiger charge is -2.30. The topological polar surface area (TPSA) is 50.8 Å². The summed E-state index contributed by atoms with van der Waals surface area (Å²) in [4.78, 5) is 14.2. The van der Waals surface area contributed by atoms with E-state index in [0.29, 0.717) is 32.1 Å². The fraction of sp³-hybridized carbons (Fsp3) is 0.611. The van der Waals surface area contributed by atoms with E-state index in [-0.39, 0.29) is 5.91 Å². The molecule has 0 aliphatic carbocycles. The normalized spacial score (nSPS) is 15.0. The molecule has 1 N–H and O–H groups in total. The molecular formula is C18H28N2O3. The Kier molecular flexibility index (Phi) is 7.36. The van der Waals surface area contributed by atoms with Crippen molar-refractivity contribution in [3.8, 4) is 0 Å². The number of benzene rings is 1. The molecule has 1 aromatic rings. The molecule has 23 heavy (non-hydrogen) atoms. The molecule has 0 saturated carbocycles. The molecule has 1 heterocycles. The van der Waals surface area contributed by atoms with Gasteiger partial charge in [0.2, 0.25) is 5.91 Å². The van der Waals surface area contributed by atoms with Crippen molar-refractivity contribution in [1.82, 2.24) is 5.32 Å². The first-order valence-corrected chi connectivity index (χ1v) is 8.42. The highest BCUT2D eigenvalue weighted by molar-refractivity contribution is 5.76. The maximum Gasteiger partial charge on any atom is 0.222 e. The molecule has 5 nitrogen and oxygen atoms in total. The number of amides is 1. The third-order valence-corrected chi connectivity index (χ3v) is 3.74. The van der Waals surface area contributed by atoms with Crippen molar-refractivity contribution in [2.45, 2.75) is 26.8 Å². The van der Waals surface area contributed by atoms with E-state index in [4.69, 9.17) is 9.47 Å². The third kappa shape index (κ3) is 6.20. The molecular weight excluding hydrogens is 292 g/mol. The van der Waals surface area contributed by atoms with Crippen LogP contribution >= 0.6 is 0 Å². The Morgan fingerprint density at radius 3 is 2.78 bits per heavy atom. The van der Waals surface area contributed by atoms with Gasteiger partial charge >= 0.3 is 0 Å². The third-order valence-electron chi connectivity index (χ3n) is 3.74. The van der Waals surface area contributed by atoms with E-state index >= 15 is 0 Å². The zero-order valence-corrected chi connectivity index (χ0v) is 14.2. The molecule has 0 bridgehead atoms. The number of anilines is 1. The molecule has 1 aromatic carbocycles. The second-order valence-corrected chi connectivity index (χ2v) is 6.22. The average molecular weight is 320 g/mol. The summed E-state index contributed by atoms with van der Waals surface area (Å²) >= 11 is 0. The van der Waals surface area contributed by atoms with Crippen molar-refractivity contribution in [2.24, 2.45) is 5.92 Å². The number of hydrogen-bond donors (Lipinski definition) is 1. The number of rotatable bonds is 8. The maximum absolute atomic E-state index is 11.9. The largest absolute Gasteiger partial charge is 0.381 e. The first-order chi connectivity index (χ1) is 11.2. The molecule has 1 saturated heterocycles. The van der Waals surface area contributed by atoms with Gasteiger partial charge < -0.3 is 19.7 Å². The summed E-state index contributed by atoms with van der Waals surface area (Å²) in [5.74, 6) is 0.531. The molecule has 0 radical (unpaired) electrons. The molecule has 1 fully saturated rings. The van der Waals surface area contributed by atoms with Crippen LogP contribution in [0.15, 0.2) is 24.3 Å². The number of morpholine rings is 1. The minimum Gasteiger partial charge on any atom is -0.381 e. The van der Waals surface area contributed by atoms with Gasteiger partial charge in [-0.25, -0.2) is 0 Å². The van der Waals surface area contributed by atoms with Gasteiger partial charge in [0, 0.05) is 38.3 Å². The summed E-state index contributed by atoms with van der Waals surface area (Å²) in [6.45, 7) is 9.24. The molecule has 1 amide bonds. The van der Waals surface area contributed by atoms with Crippen LogP contribution in [0.25, 0.3) is 0 Å². The lowest BCUT2D eigenvalue weighted by molar-refractivity contribution is -0.122. The summed E-state index contributed by atoms with van der Waals surface area (Å²) in [5, 5.41) is 2.99. The van der Waals surface area contributed by atoms with Crippen LogP contribution < -0.4 is 10.2 Å². The molecule has 0 spiro atoms. The van der Waals surface area contributed by atoms with Gasteiger partial charge in [0.15, 0.2) is 0 Å². The number of nitrogens with one attached hydrogen (secondary N) is 1. The number of ether oxygens (including phenoxy) is 2. The number of para-hydroxylation sites is 1. The predicted octanol–water partition coefficient (Wildman–Crippen LogP) is 2.20. The first-order valence-electron chi connectivity index (χ1n) is 8.42. The Labute approximate surface area is 139 Å². The van der Waals surface area contributed by atoms with Crippen LogP contribution in [0.4, 0.5) is 5.69 Å². The highest BCUT2D eigenvalue weighted by Gasteiger charge is 2.14. The predicted molar refractivity (Wildman–Crippen MR) is 91.6 cm³/mol. The van der Waals surface area contributed by atoms with Crippen LogP contribution in [-0.2, 0) is 20.8 Å². The van der Waals surface area contributed by atoms with Crippen molar-refractivity contribution in [3.63, 3.8) is 0 Å². The highest BCUT2D eigenvalue weighted by Crippen LogP contribution is 2.21. The van der Waals surface area contributed by atoms with E-state index in [0.717, 1.165) is 31.9 Å². The SMILES string of the molecule is CC(C)COCCC(=O)NCc1ccccc1N1CCOCC1. The summed E-state index contributed by atoms with van der Waals surface area (Å²) in [6.07, 6.45) is 0.409. The zero-order valence-electron chi connectivity index (χ0n) is 14.2. The van der Waals surface area contributed by atoms with E-state index in [1.165, 1.54) is 5.69 Å². The van der Waals surface area contributed by atoms with Crippen molar-refractivity contribution >= 4 is 11.6 Å². The van der Waals surface area contributed by atoms with Crippen LogP contribution in [0.2, 0.25) is 0 Å². The monoisotopic (exact) mass is 320 g/mol. The van der Waals surface area contributed by atoms with Crippen LogP contribution in [0.3, 0.4) is 0 Å². The Morgan fingerprint density at radius 2 is 2.04 bits per heavy atom. The van der Waals surface area contributed by atoms with Gasteiger partial charge in [0.25, 0.3) is 0 Å². The lowest BCUT2D eigenvalue weighted by atomic mass is 10.1. The van der Waals surface area contributed by atoms with Gasteiger partial charge in [-0.2, -0.15) is 0 Å². The Bertz CT molecular complexity index is 485. The number of carbonyl (C=O) groups is 1. The number of hydrogen-bond acceptors (Lipinski definition) is 4. The molecule has 0 aromatic heterocycles. The first kappa shape index (κ1) is 17.8. The van der Waals surface area contributed by atoms with E-state index in [9.17, 15) is 4.79 Å². The molecule has 128 valence electrons. The second-order valence-electron chi connectivity index (χ2n) is 6.22. The van der Waals surface area contributed by atoms with E-state index in [1.807, 2.05) is 12.1 Å². The average Bonchev–Trinajstić information content (AvgIpc) is 2.58. The van der Waals surface area contributed by atoms with Crippen LogP contribution in [0.5, 0.6) is 0 Å². The van der Waals surface area contributed by atoms with Gasteiger partial charge in [-0.05, 0) is 17.5 Å². The fourth-order valence-electron chi connectivity index (χ4n) is 2.54. The number of carbonyl (C=O) groups excluding carboxylic acids is 1. The van der Waals surface area contributed by atoms with Gasteiger partial charge in [-0.1, -0.05) is 32.0 Å². The molecule has 0 atom stereocenters. The Morgan fingerprint density at radius 1 is 1.30 bits per heavy atom. The van der Waals surface area contributed by atoms with Gasteiger partial charge in [0.1, 0.15) is 0 Å². The maximum atomic E-state index is 11.9. The molecule has 0 unspecified atom stereocenters. The zero-order chi connectivity index (χ0) is 16.5. The summed E-state index contributed by atoms with van der Waals surface area (Å²) in [6, 6.07) is 8.23. The van der Waals surface area contributed by atoms with Gasteiger partial charge in [-0.3, -0.25) is 4.79 Å². The fourth-order valence-corrected chi connectivity index (χ4v) is 2.54. The minimum atomic E-state index is 0.0329. The Hall–Kier alpha value is -1.59. The molecule has 1 aliphatic heterocycles. The molecule has 2 rings (SSSR count). The Balaban J connectivity index is 1.79. The van der Waals surface area contributed by atoms with Crippen LogP contribution in [0.1, 0.15) is 25.8 Å². The van der Waals surface area contributed by atoms with E-state index in [1.54, 1.807) is 0 Å². The van der Waals surface area contributed by atoms with Gasteiger partial charge in [-0.15, -0.1) is 0 Å².